The highest BCUT2D eigenvalue weighted by Gasteiger charge is 2.49. The molecule has 2 aromatic rings. The molecule has 162 valence electrons. The minimum absolute atomic E-state index is 0.00156. The van der Waals surface area contributed by atoms with Gasteiger partial charge in [0.1, 0.15) is 23.2 Å². The Morgan fingerprint density at radius 3 is 2.90 bits per heavy atom. The lowest BCUT2D eigenvalue weighted by molar-refractivity contribution is -0.0927. The Hall–Kier alpha value is -2.60. The second kappa shape index (κ2) is 9.27. The fourth-order valence-corrected chi connectivity index (χ4v) is 5.20. The van der Waals surface area contributed by atoms with E-state index >= 15 is 4.39 Å². The molecule has 0 amide bonds. The molecule has 0 radical (unpaired) electrons. The summed E-state index contributed by atoms with van der Waals surface area (Å²) < 4.78 is 32.2. The van der Waals surface area contributed by atoms with Gasteiger partial charge in [0.2, 0.25) is 0 Å². The molecule has 2 aliphatic rings. The van der Waals surface area contributed by atoms with Crippen molar-refractivity contribution in [2.45, 2.75) is 24.7 Å². The number of hydrogen-bond acceptors (Lipinski definition) is 7. The molecule has 1 saturated heterocycles. The summed E-state index contributed by atoms with van der Waals surface area (Å²) in [6.45, 7) is 1.13. The van der Waals surface area contributed by atoms with Crippen molar-refractivity contribution in [2.24, 2.45) is 16.6 Å². The van der Waals surface area contributed by atoms with Gasteiger partial charge in [0.25, 0.3) is 0 Å². The summed E-state index contributed by atoms with van der Waals surface area (Å²) in [6.07, 6.45) is 0.542. The first kappa shape index (κ1) is 21.6. The Kier molecular flexibility index (Phi) is 6.46. The lowest BCUT2D eigenvalue weighted by Crippen LogP contribution is -2.51. The van der Waals surface area contributed by atoms with Crippen molar-refractivity contribution in [1.29, 1.82) is 5.26 Å². The molecule has 2 aliphatic heterocycles. The monoisotopic (exact) mass is 441 g/mol. The third-order valence-electron chi connectivity index (χ3n) is 5.80. The van der Waals surface area contributed by atoms with Gasteiger partial charge in [-0.1, -0.05) is 42.1 Å². The van der Waals surface area contributed by atoms with Gasteiger partial charge in [0, 0.05) is 23.3 Å². The van der Waals surface area contributed by atoms with Crippen molar-refractivity contribution in [3.05, 3.63) is 65.0 Å². The van der Waals surface area contributed by atoms with Gasteiger partial charge >= 0.3 is 0 Å². The van der Waals surface area contributed by atoms with E-state index in [-0.39, 0.29) is 29.9 Å². The molecular formula is C23H24FN3O3S. The van der Waals surface area contributed by atoms with E-state index in [0.717, 1.165) is 5.56 Å². The number of amidine groups is 1. The molecule has 0 saturated carbocycles. The highest BCUT2D eigenvalue weighted by atomic mass is 32.2. The third kappa shape index (κ3) is 4.40. The molecule has 2 aromatic carbocycles. The van der Waals surface area contributed by atoms with Gasteiger partial charge in [0.15, 0.2) is 5.17 Å². The zero-order chi connectivity index (χ0) is 21.8. The fourth-order valence-electron chi connectivity index (χ4n) is 4.19. The molecule has 1 fully saturated rings. The first-order valence-corrected chi connectivity index (χ1v) is 11.0. The molecular weight excluding hydrogens is 417 g/mol. The summed E-state index contributed by atoms with van der Waals surface area (Å²) in [6, 6.07) is 14.8. The molecule has 8 heteroatoms. The van der Waals surface area contributed by atoms with Crippen LogP contribution in [0.4, 0.5) is 4.39 Å². The van der Waals surface area contributed by atoms with E-state index in [4.69, 9.17) is 19.9 Å². The van der Waals surface area contributed by atoms with E-state index in [1.54, 1.807) is 0 Å². The van der Waals surface area contributed by atoms with Crippen molar-refractivity contribution >= 4 is 16.9 Å². The highest BCUT2D eigenvalue weighted by molar-refractivity contribution is 8.13. The lowest BCUT2D eigenvalue weighted by atomic mass is 9.74. The van der Waals surface area contributed by atoms with Crippen LogP contribution in [-0.4, -0.2) is 37.3 Å². The van der Waals surface area contributed by atoms with Gasteiger partial charge in [-0.2, -0.15) is 5.26 Å². The number of methoxy groups -OCH3 is 1. The second-order valence-electron chi connectivity index (χ2n) is 7.70. The molecule has 2 heterocycles. The van der Waals surface area contributed by atoms with Gasteiger partial charge in [-0.05, 0) is 18.1 Å². The van der Waals surface area contributed by atoms with Crippen molar-refractivity contribution < 1.29 is 18.6 Å². The summed E-state index contributed by atoms with van der Waals surface area (Å²) in [7, 11) is 1.41. The Morgan fingerprint density at radius 1 is 1.35 bits per heavy atom. The molecule has 3 atom stereocenters. The van der Waals surface area contributed by atoms with Crippen molar-refractivity contribution in [2.75, 3.05) is 26.1 Å². The maximum atomic E-state index is 15.1. The predicted molar refractivity (Wildman–Crippen MR) is 117 cm³/mol. The zero-order valence-electron chi connectivity index (χ0n) is 17.2. The van der Waals surface area contributed by atoms with Crippen molar-refractivity contribution in [1.82, 2.24) is 0 Å². The molecule has 0 unspecified atom stereocenters. The third-order valence-corrected chi connectivity index (χ3v) is 6.75. The topological polar surface area (TPSA) is 89.9 Å². The maximum Gasteiger partial charge on any atom is 0.154 e. The normalized spacial score (nSPS) is 25.3. The standard InChI is InChI=1S/C23H24FN3O3S/c1-28-21-9-20(24)19(7-16(21)10-25)23-14-30-18(8-17(23)13-31-22(26)27-23)12-29-11-15-5-3-2-4-6-15/h2-7,9,17-18H,8,11-14H2,1H3,(H2,26,27)/t17-,18+,23-/m0/s1. The van der Waals surface area contributed by atoms with Crippen molar-refractivity contribution in [3.63, 3.8) is 0 Å². The average Bonchev–Trinajstić information content (AvgIpc) is 2.79. The SMILES string of the molecule is COc1cc(F)c([C@]23CO[C@@H](COCc4ccccc4)C[C@H]2CSC(N)=N3)cc1C#N. The first-order valence-electron chi connectivity index (χ1n) is 10.0. The van der Waals surface area contributed by atoms with Crippen LogP contribution in [0.1, 0.15) is 23.1 Å². The van der Waals surface area contributed by atoms with E-state index < -0.39 is 11.4 Å². The number of benzene rings is 2. The van der Waals surface area contributed by atoms with Crippen LogP contribution in [0.2, 0.25) is 0 Å². The van der Waals surface area contributed by atoms with Crippen LogP contribution in [0.3, 0.4) is 0 Å². The number of aliphatic imine (C=N–C) groups is 1. The predicted octanol–water partition coefficient (Wildman–Crippen LogP) is 3.58. The number of halogens is 1. The number of nitrogens with zero attached hydrogens (tertiary/aromatic N) is 2. The van der Waals surface area contributed by atoms with Crippen LogP contribution in [0.15, 0.2) is 47.5 Å². The minimum Gasteiger partial charge on any atom is -0.495 e. The van der Waals surface area contributed by atoms with Gasteiger partial charge in [0.05, 0.1) is 38.6 Å². The minimum atomic E-state index is -0.965. The average molecular weight is 442 g/mol. The molecule has 0 aliphatic carbocycles. The van der Waals surface area contributed by atoms with Crippen LogP contribution in [-0.2, 0) is 21.6 Å². The van der Waals surface area contributed by atoms with Gasteiger partial charge in [-0.15, -0.1) is 0 Å². The first-order chi connectivity index (χ1) is 15.1. The summed E-state index contributed by atoms with van der Waals surface area (Å²) in [5.74, 6) is 0.411. The van der Waals surface area contributed by atoms with Gasteiger partial charge in [-0.3, -0.25) is 0 Å². The number of nitrogens with two attached hydrogens (primary N) is 1. The lowest BCUT2D eigenvalue weighted by Gasteiger charge is -2.46. The van der Waals surface area contributed by atoms with E-state index in [1.165, 1.54) is 31.0 Å². The quantitative estimate of drug-likeness (QED) is 0.737. The number of rotatable bonds is 6. The van der Waals surface area contributed by atoms with Crippen LogP contribution in [0, 0.1) is 23.1 Å². The Bertz CT molecular complexity index is 1010. The van der Waals surface area contributed by atoms with E-state index in [1.807, 2.05) is 30.3 Å². The Balaban J connectivity index is 1.55. The number of fused-ring (bicyclic) bond motifs is 1. The number of hydrogen-bond donors (Lipinski definition) is 1. The van der Waals surface area contributed by atoms with Crippen LogP contribution >= 0.6 is 11.8 Å². The Labute approximate surface area is 185 Å². The van der Waals surface area contributed by atoms with Crippen LogP contribution in [0.25, 0.3) is 0 Å². The number of nitriles is 1. The molecule has 31 heavy (non-hydrogen) atoms. The smallest absolute Gasteiger partial charge is 0.154 e. The number of ether oxygens (including phenoxy) is 3. The van der Waals surface area contributed by atoms with E-state index in [2.05, 4.69) is 11.1 Å². The van der Waals surface area contributed by atoms with E-state index in [9.17, 15) is 5.26 Å². The number of thioether (sulfide) groups is 1. The molecule has 4 rings (SSSR count). The summed E-state index contributed by atoms with van der Waals surface area (Å²) in [4.78, 5) is 4.66. The van der Waals surface area contributed by atoms with Gasteiger partial charge in [-0.25, -0.2) is 9.38 Å². The van der Waals surface area contributed by atoms with Crippen LogP contribution < -0.4 is 10.5 Å². The zero-order valence-corrected chi connectivity index (χ0v) is 18.0. The van der Waals surface area contributed by atoms with E-state index in [0.29, 0.717) is 36.1 Å². The fraction of sp³-hybridized carbons (Fsp3) is 0.391. The van der Waals surface area contributed by atoms with Crippen molar-refractivity contribution in [3.8, 4) is 11.8 Å². The molecule has 0 bridgehead atoms. The second-order valence-corrected chi connectivity index (χ2v) is 8.74. The van der Waals surface area contributed by atoms with Crippen LogP contribution in [0.5, 0.6) is 5.75 Å². The summed E-state index contributed by atoms with van der Waals surface area (Å²) >= 11 is 1.46. The molecule has 0 spiro atoms. The largest absolute Gasteiger partial charge is 0.495 e. The summed E-state index contributed by atoms with van der Waals surface area (Å²) in [5.41, 5.74) is 6.75. The maximum absolute atomic E-state index is 15.1. The molecule has 0 aromatic heterocycles. The highest BCUT2D eigenvalue weighted by Crippen LogP contribution is 2.47. The molecule has 6 nitrogen and oxygen atoms in total. The van der Waals surface area contributed by atoms with Gasteiger partial charge < -0.3 is 19.9 Å². The molecule has 2 N–H and O–H groups in total. The Morgan fingerprint density at radius 2 is 2.16 bits per heavy atom. The summed E-state index contributed by atoms with van der Waals surface area (Å²) in [5, 5.41) is 9.87.